The monoisotopic (exact) mass is 480 g/mol. The molecule has 7 nitrogen and oxygen atoms in total. The highest BCUT2D eigenvalue weighted by Gasteiger charge is 2.19. The van der Waals surface area contributed by atoms with Gasteiger partial charge in [-0.2, -0.15) is 12.6 Å². The van der Waals surface area contributed by atoms with Gasteiger partial charge in [0, 0.05) is 31.5 Å². The number of sulfonamides is 1. The fourth-order valence-electron chi connectivity index (χ4n) is 3.20. The number of rotatable bonds is 8. The van der Waals surface area contributed by atoms with Crippen molar-refractivity contribution in [2.45, 2.75) is 58.9 Å². The lowest BCUT2D eigenvalue weighted by molar-refractivity contribution is 0.569. The lowest BCUT2D eigenvalue weighted by Gasteiger charge is -2.09. The molecule has 0 bridgehead atoms. The van der Waals surface area contributed by atoms with Gasteiger partial charge in [0.2, 0.25) is 0 Å². The average molecular weight is 481 g/mol. The van der Waals surface area contributed by atoms with Crippen LogP contribution in [0.15, 0.2) is 46.6 Å². The summed E-state index contributed by atoms with van der Waals surface area (Å²) in [7, 11) is -1.96. The average Bonchev–Trinajstić information content (AvgIpc) is 3.16. The van der Waals surface area contributed by atoms with Gasteiger partial charge in [0.15, 0.2) is 5.03 Å². The van der Waals surface area contributed by atoms with Crippen molar-refractivity contribution in [1.29, 1.82) is 0 Å². The van der Waals surface area contributed by atoms with E-state index in [0.717, 1.165) is 42.6 Å². The molecule has 0 radical (unpaired) electrons. The third-order valence-electron chi connectivity index (χ3n) is 4.77. The Labute approximate surface area is 197 Å². The fourth-order valence-corrected chi connectivity index (χ4v) is 4.35. The zero-order chi connectivity index (χ0) is 23.0. The van der Waals surface area contributed by atoms with Crippen LogP contribution in [0.25, 0.3) is 16.8 Å². The third-order valence-corrected chi connectivity index (χ3v) is 6.20. The van der Waals surface area contributed by atoms with Crippen LogP contribution < -0.4 is 10.3 Å². The summed E-state index contributed by atoms with van der Waals surface area (Å²) in [6.45, 7) is 6.28. The molecule has 3 aromatic heterocycles. The van der Waals surface area contributed by atoms with Crippen LogP contribution in [0.4, 0.5) is 0 Å². The van der Waals surface area contributed by atoms with E-state index in [-0.39, 0.29) is 18.0 Å². The summed E-state index contributed by atoms with van der Waals surface area (Å²) in [6.07, 6.45) is 8.88. The van der Waals surface area contributed by atoms with E-state index >= 15 is 0 Å². The number of imidazole rings is 1. The normalized spacial score (nSPS) is 11.0. The number of nitrogens with one attached hydrogen (secondary N) is 1. The fraction of sp³-hybridized carbons (Fsp3) is 0.478. The van der Waals surface area contributed by atoms with E-state index in [1.807, 2.05) is 13.0 Å². The molecule has 0 fully saturated rings. The lowest BCUT2D eigenvalue weighted by atomic mass is 10.1. The first kappa shape index (κ1) is 27.9. The zero-order valence-corrected chi connectivity index (χ0v) is 20.3. The second-order valence-electron chi connectivity index (χ2n) is 7.34. The van der Waals surface area contributed by atoms with E-state index in [1.54, 1.807) is 42.9 Å². The summed E-state index contributed by atoms with van der Waals surface area (Å²) in [4.78, 5) is 16.2. The van der Waals surface area contributed by atoms with Crippen molar-refractivity contribution in [2.24, 2.45) is 7.05 Å². The summed E-state index contributed by atoms with van der Waals surface area (Å²) in [5.41, 5.74) is 2.78. The van der Waals surface area contributed by atoms with Crippen LogP contribution in [0.5, 0.6) is 0 Å². The van der Waals surface area contributed by atoms with Gasteiger partial charge in [0.05, 0.1) is 6.20 Å². The number of nitrogens with zero attached hydrogens (tertiary/aromatic N) is 3. The van der Waals surface area contributed by atoms with E-state index in [9.17, 15) is 13.2 Å². The predicted octanol–water partition coefficient (Wildman–Crippen LogP) is 4.44. The molecule has 0 aliphatic carbocycles. The smallest absolute Gasteiger partial charge is 0.258 e. The molecule has 0 aliphatic rings. The van der Waals surface area contributed by atoms with Crippen LogP contribution >= 0.6 is 12.6 Å². The largest absolute Gasteiger partial charge is 0.318 e. The van der Waals surface area contributed by atoms with Crippen LogP contribution in [0.1, 0.15) is 52.5 Å². The van der Waals surface area contributed by atoms with Gasteiger partial charge in [-0.25, -0.2) is 18.1 Å². The first-order valence-electron chi connectivity index (χ1n) is 10.5. The molecule has 3 heterocycles. The molecule has 0 saturated carbocycles. The molecule has 0 saturated heterocycles. The van der Waals surface area contributed by atoms with Crippen molar-refractivity contribution in [3.63, 3.8) is 0 Å². The van der Waals surface area contributed by atoms with Gasteiger partial charge in [0.25, 0.3) is 15.6 Å². The van der Waals surface area contributed by atoms with Gasteiger partial charge < -0.3 is 4.57 Å². The number of fused-ring (bicyclic) bond motifs is 1. The highest BCUT2D eigenvalue weighted by Crippen LogP contribution is 2.22. The van der Waals surface area contributed by atoms with Crippen LogP contribution in [-0.2, 0) is 17.1 Å². The van der Waals surface area contributed by atoms with E-state index < -0.39 is 10.0 Å². The van der Waals surface area contributed by atoms with Crippen LogP contribution in [-0.4, -0.2) is 34.7 Å². The summed E-state index contributed by atoms with van der Waals surface area (Å²) < 4.78 is 31.2. The zero-order valence-electron chi connectivity index (χ0n) is 18.6. The van der Waals surface area contributed by atoms with E-state index in [0.29, 0.717) is 17.8 Å². The Kier molecular flexibility index (Phi) is 11.2. The van der Waals surface area contributed by atoms with Crippen molar-refractivity contribution in [1.82, 2.24) is 18.7 Å². The highest BCUT2D eigenvalue weighted by atomic mass is 32.2. The Morgan fingerprint density at radius 2 is 1.78 bits per heavy atom. The number of unbranched alkanes of at least 4 members (excludes halogenated alkanes) is 3. The standard InChI is InChI=1S/C20H26N4O3S.C2H6S.CH4/c1-4-5-6-7-10-22-28(26,27)19-12-21-18-9-8-16(14-24(18)19)17-11-15(2)20(25)23(3)13-17;1-2-3;/h8-9,11-14,22H,4-7,10H2,1-3H3;3H,2H2,1H3;1H4. The molecule has 3 rings (SSSR count). The summed E-state index contributed by atoms with van der Waals surface area (Å²) in [5, 5.41) is 0.112. The van der Waals surface area contributed by atoms with Crippen LogP contribution in [0.3, 0.4) is 0 Å². The minimum Gasteiger partial charge on any atom is -0.318 e. The maximum absolute atomic E-state index is 12.7. The molecule has 0 atom stereocenters. The minimum atomic E-state index is -3.66. The molecular weight excluding hydrogens is 444 g/mol. The minimum absolute atomic E-state index is 0. The van der Waals surface area contributed by atoms with Gasteiger partial charge >= 0.3 is 0 Å². The van der Waals surface area contributed by atoms with E-state index in [1.165, 1.54) is 10.8 Å². The molecule has 1 N–H and O–H groups in total. The van der Waals surface area contributed by atoms with Gasteiger partial charge in [-0.3, -0.25) is 9.20 Å². The molecule has 0 amide bonds. The molecule has 0 aliphatic heterocycles. The topological polar surface area (TPSA) is 85.5 Å². The Morgan fingerprint density at radius 3 is 2.41 bits per heavy atom. The molecule has 178 valence electrons. The van der Waals surface area contributed by atoms with E-state index in [2.05, 4.69) is 29.3 Å². The predicted molar refractivity (Wildman–Crippen MR) is 136 cm³/mol. The van der Waals surface area contributed by atoms with E-state index in [4.69, 9.17) is 0 Å². The Hall–Kier alpha value is -2.10. The SMILES string of the molecule is C.CCCCCCNS(=O)(=O)c1cnc2ccc(-c3cc(C)c(=O)n(C)c3)cn12.CCS. The van der Waals surface area contributed by atoms with Crippen LogP contribution in [0.2, 0.25) is 0 Å². The molecule has 32 heavy (non-hydrogen) atoms. The summed E-state index contributed by atoms with van der Waals surface area (Å²) in [5.74, 6) is 0.944. The van der Waals surface area contributed by atoms with Gasteiger partial charge in [-0.15, -0.1) is 0 Å². The number of aryl methyl sites for hydroxylation is 2. The summed E-state index contributed by atoms with van der Waals surface area (Å²) in [6, 6.07) is 5.45. The third kappa shape index (κ3) is 6.95. The molecule has 0 spiro atoms. The second-order valence-corrected chi connectivity index (χ2v) is 9.69. The number of thiol groups is 1. The number of hydrogen-bond acceptors (Lipinski definition) is 5. The Morgan fingerprint density at radius 1 is 1.09 bits per heavy atom. The molecule has 9 heteroatoms. The number of aromatic nitrogens is 3. The van der Waals surface area contributed by atoms with Crippen molar-refractivity contribution in [2.75, 3.05) is 12.3 Å². The number of pyridine rings is 2. The van der Waals surface area contributed by atoms with Gasteiger partial charge in [0.1, 0.15) is 5.65 Å². The molecule has 0 unspecified atom stereocenters. The lowest BCUT2D eigenvalue weighted by Crippen LogP contribution is -2.26. The van der Waals surface area contributed by atoms with Crippen molar-refractivity contribution in [3.8, 4) is 11.1 Å². The summed E-state index contributed by atoms with van der Waals surface area (Å²) >= 11 is 3.79. The van der Waals surface area contributed by atoms with Crippen molar-refractivity contribution < 1.29 is 8.42 Å². The second kappa shape index (κ2) is 12.8. The quantitative estimate of drug-likeness (QED) is 0.369. The first-order valence-corrected chi connectivity index (χ1v) is 12.6. The van der Waals surface area contributed by atoms with Crippen LogP contribution in [0, 0.1) is 6.92 Å². The van der Waals surface area contributed by atoms with Gasteiger partial charge in [-0.1, -0.05) is 40.5 Å². The first-order chi connectivity index (χ1) is 14.7. The molecular formula is C23H36N4O3S2. The van der Waals surface area contributed by atoms with Gasteiger partial charge in [-0.05, 0) is 48.4 Å². The van der Waals surface area contributed by atoms with Crippen molar-refractivity contribution >= 4 is 28.3 Å². The molecule has 3 aromatic rings. The number of hydrogen-bond donors (Lipinski definition) is 2. The Bertz CT molecular complexity index is 1140. The van der Waals surface area contributed by atoms with Crippen molar-refractivity contribution in [3.05, 3.63) is 52.7 Å². The Balaban J connectivity index is 0.00000121. The maximum atomic E-state index is 12.7. The highest BCUT2D eigenvalue weighted by molar-refractivity contribution is 7.89. The maximum Gasteiger partial charge on any atom is 0.258 e. The molecule has 0 aromatic carbocycles.